The van der Waals surface area contributed by atoms with E-state index in [1.165, 1.54) is 12.8 Å². The Kier molecular flexibility index (Phi) is 4.43. The van der Waals surface area contributed by atoms with Crippen molar-refractivity contribution in [3.63, 3.8) is 0 Å². The zero-order chi connectivity index (χ0) is 11.4. The summed E-state index contributed by atoms with van der Waals surface area (Å²) in [6.07, 6.45) is 3.50. The Hall–Kier alpha value is -0.730. The van der Waals surface area contributed by atoms with Gasteiger partial charge in [-0.3, -0.25) is 0 Å². The quantitative estimate of drug-likeness (QED) is 0.687. The third-order valence-corrected chi connectivity index (χ3v) is 2.98. The number of hydrogen-bond donors (Lipinski definition) is 0. The van der Waals surface area contributed by atoms with Crippen molar-refractivity contribution in [1.29, 1.82) is 0 Å². The predicted molar refractivity (Wildman–Crippen MR) is 62.9 cm³/mol. The Bertz CT molecular complexity index is 212. The van der Waals surface area contributed by atoms with E-state index in [2.05, 4.69) is 18.7 Å². The van der Waals surface area contributed by atoms with E-state index in [9.17, 15) is 4.79 Å². The maximum Gasteiger partial charge on any atom is 0.319 e. The van der Waals surface area contributed by atoms with Gasteiger partial charge in [-0.15, -0.1) is 0 Å². The summed E-state index contributed by atoms with van der Waals surface area (Å²) in [5, 5.41) is 0. The Morgan fingerprint density at radius 1 is 1.40 bits per heavy atom. The molecule has 2 amide bonds. The third-order valence-electron chi connectivity index (χ3n) is 2.98. The van der Waals surface area contributed by atoms with Crippen molar-refractivity contribution >= 4 is 6.03 Å². The average molecular weight is 212 g/mol. The molecule has 0 N–H and O–H groups in total. The van der Waals surface area contributed by atoms with E-state index in [0.29, 0.717) is 12.0 Å². The summed E-state index contributed by atoms with van der Waals surface area (Å²) in [4.78, 5) is 15.9. The zero-order valence-corrected chi connectivity index (χ0v) is 10.5. The first kappa shape index (κ1) is 12.3. The molecule has 0 unspecified atom stereocenters. The number of carbonyl (C=O) groups is 1. The van der Waals surface area contributed by atoms with Crippen molar-refractivity contribution < 1.29 is 4.79 Å². The highest BCUT2D eigenvalue weighted by atomic mass is 16.2. The number of carbonyl (C=O) groups excluding carboxylic acids is 1. The zero-order valence-electron chi connectivity index (χ0n) is 10.5. The van der Waals surface area contributed by atoms with Crippen LogP contribution in [0, 0.1) is 5.92 Å². The van der Waals surface area contributed by atoms with Crippen molar-refractivity contribution in [2.24, 2.45) is 5.92 Å². The molecule has 0 aromatic rings. The van der Waals surface area contributed by atoms with Gasteiger partial charge in [0, 0.05) is 26.2 Å². The van der Waals surface area contributed by atoms with Crippen LogP contribution in [-0.4, -0.2) is 42.0 Å². The molecule has 1 saturated carbocycles. The van der Waals surface area contributed by atoms with E-state index < -0.39 is 0 Å². The molecule has 88 valence electrons. The lowest BCUT2D eigenvalue weighted by atomic mass is 10.1. The van der Waals surface area contributed by atoms with Crippen LogP contribution >= 0.6 is 0 Å². The Morgan fingerprint density at radius 2 is 2.00 bits per heavy atom. The van der Waals surface area contributed by atoms with E-state index >= 15 is 0 Å². The van der Waals surface area contributed by atoms with E-state index in [4.69, 9.17) is 0 Å². The van der Waals surface area contributed by atoms with Crippen molar-refractivity contribution in [2.45, 2.75) is 46.1 Å². The van der Waals surface area contributed by atoms with Crippen molar-refractivity contribution in [3.8, 4) is 0 Å². The Labute approximate surface area is 93.4 Å². The largest absolute Gasteiger partial charge is 0.328 e. The lowest BCUT2D eigenvalue weighted by molar-refractivity contribution is 0.159. The van der Waals surface area contributed by atoms with E-state index in [-0.39, 0.29) is 6.03 Å². The number of nitrogens with zero attached hydrogens (tertiary/aromatic N) is 2. The first-order chi connectivity index (χ1) is 7.06. The fourth-order valence-corrected chi connectivity index (χ4v) is 1.57. The molecule has 0 bridgehead atoms. The van der Waals surface area contributed by atoms with E-state index in [1.807, 2.05) is 14.0 Å². The van der Waals surface area contributed by atoms with Gasteiger partial charge in [0.1, 0.15) is 0 Å². The molecule has 1 aliphatic carbocycles. The molecule has 0 radical (unpaired) electrons. The summed E-state index contributed by atoms with van der Waals surface area (Å²) in [6.45, 7) is 8.15. The Morgan fingerprint density at radius 3 is 2.40 bits per heavy atom. The minimum atomic E-state index is 0.209. The van der Waals surface area contributed by atoms with Gasteiger partial charge in [-0.25, -0.2) is 4.79 Å². The lowest BCUT2D eigenvalue weighted by Gasteiger charge is -2.28. The molecule has 1 fully saturated rings. The molecule has 3 heteroatoms. The van der Waals surface area contributed by atoms with Gasteiger partial charge in [0.15, 0.2) is 0 Å². The molecule has 0 heterocycles. The molecule has 0 aromatic carbocycles. The molecule has 0 atom stereocenters. The van der Waals surface area contributed by atoms with Crippen molar-refractivity contribution in [1.82, 2.24) is 9.80 Å². The van der Waals surface area contributed by atoms with E-state index in [0.717, 1.165) is 19.5 Å². The summed E-state index contributed by atoms with van der Waals surface area (Å²) in [6, 6.07) is 0.742. The normalized spacial score (nSPS) is 15.5. The second-order valence-electron chi connectivity index (χ2n) is 4.90. The second kappa shape index (κ2) is 5.38. The van der Waals surface area contributed by atoms with Crippen LogP contribution in [0.1, 0.15) is 40.0 Å². The fourth-order valence-electron chi connectivity index (χ4n) is 1.57. The molecular weight excluding hydrogens is 188 g/mol. The van der Waals surface area contributed by atoms with Crippen LogP contribution in [0.5, 0.6) is 0 Å². The maximum atomic E-state index is 12.0. The molecule has 0 aliphatic heterocycles. The van der Waals surface area contributed by atoms with Gasteiger partial charge < -0.3 is 9.80 Å². The average Bonchev–Trinajstić information content (AvgIpc) is 3.00. The van der Waals surface area contributed by atoms with Crippen LogP contribution in [-0.2, 0) is 0 Å². The number of urea groups is 1. The maximum absolute atomic E-state index is 12.0. The standard InChI is InChI=1S/C12H24N2O/c1-5-13(4)12(15)14(11-6-7-11)9-8-10(2)3/h10-11H,5-9H2,1-4H3. The second-order valence-corrected chi connectivity index (χ2v) is 4.90. The smallest absolute Gasteiger partial charge is 0.319 e. The molecule has 3 nitrogen and oxygen atoms in total. The highest BCUT2D eigenvalue weighted by Gasteiger charge is 2.33. The number of amides is 2. The van der Waals surface area contributed by atoms with Gasteiger partial charge in [-0.2, -0.15) is 0 Å². The summed E-state index contributed by atoms with van der Waals surface area (Å²) in [5.74, 6) is 0.672. The molecule has 0 saturated heterocycles. The van der Waals surface area contributed by atoms with Gasteiger partial charge in [-0.05, 0) is 32.1 Å². The Balaban J connectivity index is 2.45. The first-order valence-electron chi connectivity index (χ1n) is 6.08. The summed E-state index contributed by atoms with van der Waals surface area (Å²) in [7, 11) is 1.88. The fraction of sp³-hybridized carbons (Fsp3) is 0.917. The summed E-state index contributed by atoms with van der Waals surface area (Å²) in [5.41, 5.74) is 0. The topological polar surface area (TPSA) is 23.6 Å². The van der Waals surface area contributed by atoms with Gasteiger partial charge in [0.2, 0.25) is 0 Å². The number of rotatable bonds is 5. The molecule has 15 heavy (non-hydrogen) atoms. The van der Waals surface area contributed by atoms with Crippen LogP contribution in [0.2, 0.25) is 0 Å². The molecule has 1 aliphatic rings. The van der Waals surface area contributed by atoms with Crippen LogP contribution in [0.4, 0.5) is 4.79 Å². The van der Waals surface area contributed by atoms with Gasteiger partial charge in [-0.1, -0.05) is 13.8 Å². The third kappa shape index (κ3) is 3.73. The van der Waals surface area contributed by atoms with Crippen LogP contribution in [0.15, 0.2) is 0 Å². The highest BCUT2D eigenvalue weighted by Crippen LogP contribution is 2.28. The first-order valence-corrected chi connectivity index (χ1v) is 6.08. The highest BCUT2D eigenvalue weighted by molar-refractivity contribution is 5.74. The monoisotopic (exact) mass is 212 g/mol. The van der Waals surface area contributed by atoms with Crippen LogP contribution < -0.4 is 0 Å². The van der Waals surface area contributed by atoms with Crippen LogP contribution in [0.3, 0.4) is 0 Å². The van der Waals surface area contributed by atoms with Crippen molar-refractivity contribution in [3.05, 3.63) is 0 Å². The molecule has 0 spiro atoms. The summed E-state index contributed by atoms with van der Waals surface area (Å²) < 4.78 is 0. The molecule has 1 rings (SSSR count). The minimum absolute atomic E-state index is 0.209. The molecular formula is C12H24N2O. The van der Waals surface area contributed by atoms with Gasteiger partial charge in [0.05, 0.1) is 0 Å². The minimum Gasteiger partial charge on any atom is -0.328 e. The van der Waals surface area contributed by atoms with Gasteiger partial charge >= 0.3 is 6.03 Å². The lowest BCUT2D eigenvalue weighted by Crippen LogP contribution is -2.43. The van der Waals surface area contributed by atoms with Gasteiger partial charge in [0.25, 0.3) is 0 Å². The van der Waals surface area contributed by atoms with Crippen molar-refractivity contribution in [2.75, 3.05) is 20.1 Å². The predicted octanol–water partition coefficient (Wildman–Crippen LogP) is 2.57. The number of hydrogen-bond acceptors (Lipinski definition) is 1. The molecule has 0 aromatic heterocycles. The summed E-state index contributed by atoms with van der Waals surface area (Å²) >= 11 is 0. The SMILES string of the molecule is CCN(C)C(=O)N(CCC(C)C)C1CC1. The van der Waals surface area contributed by atoms with Crippen LogP contribution in [0.25, 0.3) is 0 Å². The van der Waals surface area contributed by atoms with E-state index in [1.54, 1.807) is 4.90 Å².